The normalized spacial score (nSPS) is 12.7. The average Bonchev–Trinajstić information content (AvgIpc) is 3.68. The van der Waals surface area contributed by atoms with Gasteiger partial charge in [0.1, 0.15) is 17.2 Å². The summed E-state index contributed by atoms with van der Waals surface area (Å²) in [5, 5.41) is 2.27. The van der Waals surface area contributed by atoms with Gasteiger partial charge < -0.3 is 0 Å². The van der Waals surface area contributed by atoms with Crippen molar-refractivity contribution in [2.75, 3.05) is 0 Å². The first-order chi connectivity index (χ1) is 21.8. The molecule has 1 aliphatic rings. The van der Waals surface area contributed by atoms with E-state index in [-0.39, 0.29) is 0 Å². The number of benzene rings is 5. The molecule has 0 bridgehead atoms. The largest absolute Gasteiger partial charge is 0.292 e. The van der Waals surface area contributed by atoms with E-state index >= 15 is 0 Å². The molecule has 0 saturated carbocycles. The highest BCUT2D eigenvalue weighted by molar-refractivity contribution is 6.09. The molecule has 8 aromatic rings. The summed E-state index contributed by atoms with van der Waals surface area (Å²) in [4.78, 5) is 15.2. The molecule has 0 spiro atoms. The summed E-state index contributed by atoms with van der Waals surface area (Å²) in [7, 11) is 0. The van der Waals surface area contributed by atoms with Crippen molar-refractivity contribution in [2.24, 2.45) is 0 Å². The maximum absolute atomic E-state index is 5.19. The summed E-state index contributed by atoms with van der Waals surface area (Å²) in [6, 6.07) is 44.7. The predicted molar refractivity (Wildman–Crippen MR) is 180 cm³/mol. The van der Waals surface area contributed by atoms with Crippen LogP contribution in [-0.2, 0) is 6.42 Å². The summed E-state index contributed by atoms with van der Waals surface area (Å²) < 4.78 is 4.39. The Bertz CT molecular complexity index is 2360. The Kier molecular flexibility index (Phi) is 5.56. The van der Waals surface area contributed by atoms with Crippen molar-refractivity contribution in [1.82, 2.24) is 24.1 Å². The molecule has 0 N–H and O–H groups in total. The van der Waals surface area contributed by atoms with E-state index in [1.807, 2.05) is 12.1 Å². The average molecular weight is 566 g/mol. The second-order valence-corrected chi connectivity index (χ2v) is 11.2. The number of pyridine rings is 1. The molecule has 0 unspecified atom stereocenters. The molecule has 0 radical (unpaired) electrons. The van der Waals surface area contributed by atoms with Crippen LogP contribution in [-0.4, -0.2) is 24.1 Å². The fourth-order valence-electron chi connectivity index (χ4n) is 6.45. The van der Waals surface area contributed by atoms with Crippen LogP contribution in [0.3, 0.4) is 0 Å². The van der Waals surface area contributed by atoms with Crippen LogP contribution in [0.5, 0.6) is 0 Å². The van der Waals surface area contributed by atoms with Gasteiger partial charge in [-0.15, -0.1) is 0 Å². The minimum atomic E-state index is 0.922. The summed E-state index contributed by atoms with van der Waals surface area (Å²) in [5.74, 6) is 2.01. The summed E-state index contributed by atoms with van der Waals surface area (Å²) >= 11 is 0. The van der Waals surface area contributed by atoms with Gasteiger partial charge in [0.25, 0.3) is 0 Å². The van der Waals surface area contributed by atoms with Gasteiger partial charge in [-0.25, -0.2) is 15.0 Å². The lowest BCUT2D eigenvalue weighted by atomic mass is 9.99. The molecule has 44 heavy (non-hydrogen) atoms. The van der Waals surface area contributed by atoms with Gasteiger partial charge in [0, 0.05) is 40.2 Å². The fraction of sp³-hybridized carbons (Fsp3) is 0.0513. The molecule has 5 nitrogen and oxygen atoms in total. The van der Waals surface area contributed by atoms with Crippen molar-refractivity contribution in [3.05, 3.63) is 139 Å². The van der Waals surface area contributed by atoms with E-state index in [0.29, 0.717) is 0 Å². The molecular weight excluding hydrogens is 538 g/mol. The van der Waals surface area contributed by atoms with Crippen LogP contribution in [0.1, 0.15) is 12.2 Å². The van der Waals surface area contributed by atoms with Crippen molar-refractivity contribution < 1.29 is 0 Å². The quantitative estimate of drug-likeness (QED) is 0.214. The van der Waals surface area contributed by atoms with Crippen molar-refractivity contribution in [2.45, 2.75) is 12.8 Å². The minimum absolute atomic E-state index is 0.922. The number of allylic oxidation sites excluding steroid dienone is 1. The fourth-order valence-corrected chi connectivity index (χ4v) is 6.45. The highest BCUT2D eigenvalue weighted by atomic mass is 15.1. The molecule has 5 aromatic carbocycles. The van der Waals surface area contributed by atoms with Crippen molar-refractivity contribution in [3.8, 4) is 39.5 Å². The van der Waals surface area contributed by atoms with Crippen LogP contribution < -0.4 is 0 Å². The molecule has 1 aliphatic heterocycles. The van der Waals surface area contributed by atoms with Crippen molar-refractivity contribution in [1.29, 1.82) is 0 Å². The predicted octanol–water partition coefficient (Wildman–Crippen LogP) is 9.34. The van der Waals surface area contributed by atoms with Gasteiger partial charge in [-0.05, 0) is 41.8 Å². The smallest absolute Gasteiger partial charge is 0.165 e. The van der Waals surface area contributed by atoms with E-state index < -0.39 is 0 Å². The van der Waals surface area contributed by atoms with Gasteiger partial charge in [0.2, 0.25) is 0 Å². The minimum Gasteiger partial charge on any atom is -0.292 e. The first-order valence-electron chi connectivity index (χ1n) is 15.0. The van der Waals surface area contributed by atoms with E-state index in [9.17, 15) is 0 Å². The first-order valence-corrected chi connectivity index (χ1v) is 15.0. The SMILES string of the molecule is C1=Cn2c(nc3c4ccccc4c(-c4ccc(-c5ccc(-c6nc7ccccc7n6-c6ccccc6)cc5)cc4)nc32)CC1. The van der Waals surface area contributed by atoms with E-state index in [1.54, 1.807) is 0 Å². The molecule has 0 aliphatic carbocycles. The van der Waals surface area contributed by atoms with Gasteiger partial charge in [-0.3, -0.25) is 9.13 Å². The standard InChI is InChI=1S/C39H27N5/c1-2-10-30(11-3-1)44-34-15-7-6-14-33(34)40-38(44)29-23-19-27(20-24-29)26-17-21-28(22-18-26)36-31-12-4-5-13-32(31)37-39(42-36)43-25-9-8-16-35(43)41-37/h1-7,9-15,17-25H,8,16H2. The van der Waals surface area contributed by atoms with Gasteiger partial charge in [0.05, 0.1) is 16.7 Å². The highest BCUT2D eigenvalue weighted by Gasteiger charge is 2.19. The van der Waals surface area contributed by atoms with Crippen LogP contribution in [0.4, 0.5) is 0 Å². The second-order valence-electron chi connectivity index (χ2n) is 11.2. The zero-order valence-electron chi connectivity index (χ0n) is 23.9. The third kappa shape index (κ3) is 3.90. The van der Waals surface area contributed by atoms with Crippen LogP contribution >= 0.6 is 0 Å². The van der Waals surface area contributed by atoms with E-state index in [0.717, 1.165) is 91.1 Å². The Morgan fingerprint density at radius 1 is 0.545 bits per heavy atom. The Hall–Kier alpha value is -5.81. The van der Waals surface area contributed by atoms with Crippen LogP contribution in [0.25, 0.3) is 78.6 Å². The number of aryl methyl sites for hydroxylation is 1. The molecule has 0 saturated heterocycles. The molecule has 208 valence electrons. The summed E-state index contributed by atoms with van der Waals surface area (Å²) in [6.07, 6.45) is 6.27. The number of imidazole rings is 2. The number of para-hydroxylation sites is 3. The number of hydrogen-bond acceptors (Lipinski definition) is 3. The second kappa shape index (κ2) is 9.89. The number of nitrogens with zero attached hydrogens (tertiary/aromatic N) is 5. The maximum Gasteiger partial charge on any atom is 0.165 e. The molecule has 9 rings (SSSR count). The molecule has 0 atom stereocenters. The molecule has 4 heterocycles. The zero-order chi connectivity index (χ0) is 29.0. The van der Waals surface area contributed by atoms with Gasteiger partial charge in [-0.1, -0.05) is 109 Å². The Morgan fingerprint density at radius 3 is 2.00 bits per heavy atom. The Morgan fingerprint density at radius 2 is 1.20 bits per heavy atom. The van der Waals surface area contributed by atoms with E-state index in [2.05, 4.69) is 137 Å². The summed E-state index contributed by atoms with van der Waals surface area (Å²) in [6.45, 7) is 0. The van der Waals surface area contributed by atoms with Gasteiger partial charge in [0.15, 0.2) is 5.65 Å². The van der Waals surface area contributed by atoms with Crippen LogP contribution in [0.15, 0.2) is 133 Å². The number of fused-ring (bicyclic) bond motifs is 6. The molecule has 3 aromatic heterocycles. The third-order valence-electron chi connectivity index (χ3n) is 8.61. The summed E-state index contributed by atoms with van der Waals surface area (Å²) in [5.41, 5.74) is 10.5. The van der Waals surface area contributed by atoms with Crippen molar-refractivity contribution >= 4 is 39.2 Å². The molecular formula is C39H27N5. The lowest BCUT2D eigenvalue weighted by molar-refractivity contribution is 0.845. The van der Waals surface area contributed by atoms with Gasteiger partial charge in [-0.2, -0.15) is 0 Å². The molecule has 0 fully saturated rings. The molecule has 0 amide bonds. The first kappa shape index (κ1) is 24.8. The maximum atomic E-state index is 5.19. The zero-order valence-corrected chi connectivity index (χ0v) is 23.9. The van der Waals surface area contributed by atoms with Crippen LogP contribution in [0.2, 0.25) is 0 Å². The number of hydrogen-bond donors (Lipinski definition) is 0. The Labute approximate surface area is 254 Å². The monoisotopic (exact) mass is 565 g/mol. The number of rotatable bonds is 4. The topological polar surface area (TPSA) is 48.5 Å². The highest BCUT2D eigenvalue weighted by Crippen LogP contribution is 2.35. The van der Waals surface area contributed by atoms with Gasteiger partial charge >= 0.3 is 0 Å². The lowest BCUT2D eigenvalue weighted by Crippen LogP contribution is -2.01. The molecule has 5 heteroatoms. The van der Waals surface area contributed by atoms with E-state index in [4.69, 9.17) is 15.0 Å². The number of aromatic nitrogens is 5. The Balaban J connectivity index is 1.09. The lowest BCUT2D eigenvalue weighted by Gasteiger charge is -2.11. The van der Waals surface area contributed by atoms with E-state index in [1.165, 1.54) is 0 Å². The van der Waals surface area contributed by atoms with Crippen molar-refractivity contribution in [3.63, 3.8) is 0 Å². The van der Waals surface area contributed by atoms with Crippen LogP contribution in [0, 0.1) is 0 Å². The third-order valence-corrected chi connectivity index (χ3v) is 8.61.